The number of carboxylic acid groups (broad SMARTS) is 1. The van der Waals surface area contributed by atoms with Crippen LogP contribution in [0.5, 0.6) is 0 Å². The molecule has 150 valence electrons. The van der Waals surface area contributed by atoms with Gasteiger partial charge in [-0.1, -0.05) is 11.3 Å². The molecule has 0 amide bonds. The van der Waals surface area contributed by atoms with E-state index < -0.39 is 21.8 Å². The minimum absolute atomic E-state index is 0.0442. The highest BCUT2D eigenvalue weighted by molar-refractivity contribution is 7.90. The predicted molar refractivity (Wildman–Crippen MR) is 100 cm³/mol. The summed E-state index contributed by atoms with van der Waals surface area (Å²) in [6.07, 6.45) is 5.89. The maximum Gasteiger partial charge on any atom is 0.335 e. The molecule has 11 heteroatoms. The van der Waals surface area contributed by atoms with Crippen molar-refractivity contribution in [3.63, 3.8) is 0 Å². The van der Waals surface area contributed by atoms with Crippen LogP contribution in [0.3, 0.4) is 0 Å². The number of allylic oxidation sites excluding steroid dienone is 2. The van der Waals surface area contributed by atoms with E-state index in [-0.39, 0.29) is 22.6 Å². The maximum absolute atomic E-state index is 13.9. The Hall–Kier alpha value is -2.92. The molecule has 3 N–H and O–H groups in total. The van der Waals surface area contributed by atoms with Gasteiger partial charge in [0.2, 0.25) is 0 Å². The number of rotatable bonds is 8. The van der Waals surface area contributed by atoms with Gasteiger partial charge >= 0.3 is 5.97 Å². The minimum Gasteiger partial charge on any atom is -0.478 e. The molecule has 1 aliphatic rings. The summed E-state index contributed by atoms with van der Waals surface area (Å²) >= 11 is 0. The van der Waals surface area contributed by atoms with Gasteiger partial charge in [-0.3, -0.25) is 0 Å². The minimum atomic E-state index is -4.09. The lowest BCUT2D eigenvalue weighted by Gasteiger charge is -2.04. The normalized spacial score (nSPS) is 15.4. The maximum atomic E-state index is 13.9. The Balaban J connectivity index is 2.23. The number of hydrogen-bond acceptors (Lipinski definition) is 6. The summed E-state index contributed by atoms with van der Waals surface area (Å²) in [6, 6.07) is 3.28. The summed E-state index contributed by atoms with van der Waals surface area (Å²) in [5.74, 6) is -1.70. The summed E-state index contributed by atoms with van der Waals surface area (Å²) in [4.78, 5) is 10.9. The Labute approximate surface area is 161 Å². The molecule has 0 aliphatic heterocycles. The fraction of sp³-hybridized carbons (Fsp3) is 0.294. The zero-order chi connectivity index (χ0) is 20.6. The standard InChI is InChI=1S/C17H20FN5O4S/c1-19-22-23-20-11-14-9-15(6-7-16(14)18)28(26,27)21-10-12-4-2-3-5-13(8-12)17(24)25/h5-10H,2-4,11H2,1H3,(H,19,23)(H,20,22)(H,24,25). The Morgan fingerprint density at radius 1 is 1.39 bits per heavy atom. The van der Waals surface area contributed by atoms with Crippen LogP contribution in [0.15, 0.2) is 61.1 Å². The first kappa shape index (κ1) is 21.4. The van der Waals surface area contributed by atoms with E-state index in [4.69, 9.17) is 5.11 Å². The van der Waals surface area contributed by atoms with Gasteiger partial charge in [-0.05, 0) is 49.1 Å². The van der Waals surface area contributed by atoms with E-state index in [9.17, 15) is 17.6 Å². The highest BCUT2D eigenvalue weighted by Crippen LogP contribution is 2.20. The molecule has 1 aliphatic carbocycles. The second-order valence-corrected chi connectivity index (χ2v) is 7.43. The molecule has 0 atom stereocenters. The van der Waals surface area contributed by atoms with Crippen LogP contribution in [0.1, 0.15) is 24.8 Å². The van der Waals surface area contributed by atoms with Gasteiger partial charge in [-0.15, -0.1) is 0 Å². The van der Waals surface area contributed by atoms with E-state index in [0.717, 1.165) is 24.4 Å². The molecule has 1 aromatic carbocycles. The molecule has 0 aromatic heterocycles. The summed E-state index contributed by atoms with van der Waals surface area (Å²) in [5.41, 5.74) is 5.48. The van der Waals surface area contributed by atoms with Crippen LogP contribution >= 0.6 is 0 Å². The number of sulfonamides is 1. The van der Waals surface area contributed by atoms with Gasteiger partial charge < -0.3 is 5.11 Å². The van der Waals surface area contributed by atoms with Gasteiger partial charge in [0.05, 0.1) is 17.0 Å². The Bertz CT molecular complexity index is 954. The first-order valence-corrected chi connectivity index (χ1v) is 9.78. The third kappa shape index (κ3) is 6.06. The van der Waals surface area contributed by atoms with Gasteiger partial charge in [-0.25, -0.2) is 20.1 Å². The molecule has 9 nitrogen and oxygen atoms in total. The predicted octanol–water partition coefficient (Wildman–Crippen LogP) is 2.30. The number of carboxylic acids is 1. The van der Waals surface area contributed by atoms with Crippen molar-refractivity contribution in [3.8, 4) is 0 Å². The van der Waals surface area contributed by atoms with Gasteiger partial charge in [0.1, 0.15) is 5.82 Å². The topological polar surface area (TPSA) is 133 Å². The molecule has 0 radical (unpaired) electrons. The van der Waals surface area contributed by atoms with Gasteiger partial charge in [-0.2, -0.15) is 17.9 Å². The molecule has 0 fully saturated rings. The van der Waals surface area contributed by atoms with E-state index in [1.807, 2.05) is 0 Å². The van der Waals surface area contributed by atoms with E-state index in [1.165, 1.54) is 6.08 Å². The second-order valence-electron chi connectivity index (χ2n) is 5.80. The fourth-order valence-corrected chi connectivity index (χ4v) is 3.30. The molecular weight excluding hydrogens is 389 g/mol. The number of carbonyl (C=O) groups is 1. The van der Waals surface area contributed by atoms with Crippen LogP contribution in [0, 0.1) is 5.82 Å². The van der Waals surface area contributed by atoms with Crippen LogP contribution in [0.4, 0.5) is 4.39 Å². The third-order valence-corrected chi connectivity index (χ3v) is 5.00. The summed E-state index contributed by atoms with van der Waals surface area (Å²) < 4.78 is 42.4. The summed E-state index contributed by atoms with van der Waals surface area (Å²) in [5, 5.41) is 16.3. The number of nitrogens with zero attached hydrogens (tertiary/aromatic N) is 3. The molecule has 0 heterocycles. The summed E-state index contributed by atoms with van der Waals surface area (Å²) in [7, 11) is -2.52. The average Bonchev–Trinajstić information content (AvgIpc) is 2.91. The third-order valence-electron chi connectivity index (χ3n) is 3.77. The van der Waals surface area contributed by atoms with Crippen molar-refractivity contribution in [2.45, 2.75) is 30.7 Å². The number of benzene rings is 1. The lowest BCUT2D eigenvalue weighted by Crippen LogP contribution is -2.20. The monoisotopic (exact) mass is 409 g/mol. The largest absolute Gasteiger partial charge is 0.478 e. The van der Waals surface area contributed by atoms with E-state index in [0.29, 0.717) is 24.8 Å². The quantitative estimate of drug-likeness (QED) is 0.343. The zero-order valence-corrected chi connectivity index (χ0v) is 15.9. The molecule has 0 saturated carbocycles. The number of halogens is 1. The number of nitrogens with one attached hydrogen (secondary N) is 2. The van der Waals surface area contributed by atoms with Crippen molar-refractivity contribution in [3.05, 3.63) is 52.9 Å². The molecule has 2 rings (SSSR count). The van der Waals surface area contributed by atoms with Gasteiger partial charge in [0.15, 0.2) is 0 Å². The lowest BCUT2D eigenvalue weighted by molar-refractivity contribution is -0.132. The van der Waals surface area contributed by atoms with Crippen LogP contribution in [-0.2, 0) is 21.4 Å². The first-order chi connectivity index (χ1) is 13.3. The number of hydrazine groups is 1. The Morgan fingerprint density at radius 2 is 2.18 bits per heavy atom. The molecule has 1 aromatic rings. The van der Waals surface area contributed by atoms with Crippen molar-refractivity contribution in [1.29, 1.82) is 0 Å². The number of aliphatic carboxylic acids is 1. The van der Waals surface area contributed by atoms with Crippen LogP contribution in [0.25, 0.3) is 0 Å². The average molecular weight is 409 g/mol. The molecule has 0 saturated heterocycles. The number of hydrogen-bond donors (Lipinski definition) is 3. The van der Waals surface area contributed by atoms with Crippen molar-refractivity contribution >= 4 is 22.2 Å². The van der Waals surface area contributed by atoms with Gasteiger partial charge in [0, 0.05) is 18.8 Å². The van der Waals surface area contributed by atoms with E-state index in [2.05, 4.69) is 25.7 Å². The molecular formula is C17H20FN5O4S. The van der Waals surface area contributed by atoms with Crippen LogP contribution < -0.4 is 11.0 Å². The van der Waals surface area contributed by atoms with Crippen molar-refractivity contribution in [2.75, 3.05) is 7.05 Å². The van der Waals surface area contributed by atoms with Crippen molar-refractivity contribution in [2.24, 2.45) is 14.7 Å². The smallest absolute Gasteiger partial charge is 0.335 e. The van der Waals surface area contributed by atoms with Gasteiger partial charge in [0.25, 0.3) is 10.0 Å². The van der Waals surface area contributed by atoms with Crippen molar-refractivity contribution < 1.29 is 22.7 Å². The van der Waals surface area contributed by atoms with Crippen molar-refractivity contribution in [1.82, 2.24) is 11.0 Å². The highest BCUT2D eigenvalue weighted by atomic mass is 32.2. The van der Waals surface area contributed by atoms with Crippen LogP contribution in [-0.4, -0.2) is 32.8 Å². The molecule has 0 bridgehead atoms. The SMILES string of the molecule is CNNN=NCc1cc(S(=O)(=O)N=CC2=CC(C(=O)O)=CCCC2)ccc1F. The Kier molecular flexibility index (Phi) is 7.52. The second kappa shape index (κ2) is 9.85. The lowest BCUT2D eigenvalue weighted by atomic mass is 10.1. The highest BCUT2D eigenvalue weighted by Gasteiger charge is 2.16. The van der Waals surface area contributed by atoms with Crippen LogP contribution in [0.2, 0.25) is 0 Å². The summed E-state index contributed by atoms with van der Waals surface area (Å²) in [6.45, 7) is -0.161. The fourth-order valence-electron chi connectivity index (χ4n) is 2.37. The molecule has 28 heavy (non-hydrogen) atoms. The zero-order valence-electron chi connectivity index (χ0n) is 15.1. The Morgan fingerprint density at radius 3 is 2.89 bits per heavy atom. The van der Waals surface area contributed by atoms with E-state index >= 15 is 0 Å². The first-order valence-electron chi connectivity index (χ1n) is 8.34. The van der Waals surface area contributed by atoms with E-state index in [1.54, 1.807) is 13.1 Å². The molecule has 0 unspecified atom stereocenters. The molecule has 0 spiro atoms.